The Morgan fingerprint density at radius 1 is 1.29 bits per heavy atom. The van der Waals surface area contributed by atoms with Crippen molar-refractivity contribution in [3.8, 4) is 5.75 Å². The summed E-state index contributed by atoms with van der Waals surface area (Å²) in [6.45, 7) is 0.533. The summed E-state index contributed by atoms with van der Waals surface area (Å²) in [4.78, 5) is 13.2. The zero-order valence-electron chi connectivity index (χ0n) is 12.0. The quantitative estimate of drug-likeness (QED) is 0.826. The van der Waals surface area contributed by atoms with Gasteiger partial charge in [-0.1, -0.05) is 18.2 Å². The maximum Gasteiger partial charge on any atom is 0.337 e. The third kappa shape index (κ3) is 3.25. The van der Waals surface area contributed by atoms with E-state index in [9.17, 15) is 9.90 Å². The topological polar surface area (TPSA) is 75.8 Å². The summed E-state index contributed by atoms with van der Waals surface area (Å²) in [5.41, 5.74) is 8.11. The zero-order chi connectivity index (χ0) is 15.4. The van der Waals surface area contributed by atoms with Crippen molar-refractivity contribution in [3.63, 3.8) is 0 Å². The molecule has 5 nitrogen and oxygen atoms in total. The Balaban J connectivity index is 2.32. The monoisotopic (exact) mass is 286 g/mol. The summed E-state index contributed by atoms with van der Waals surface area (Å²) in [5.74, 6) is -0.227. The molecule has 0 fully saturated rings. The number of methoxy groups -OCH3 is 1. The van der Waals surface area contributed by atoms with Crippen molar-refractivity contribution in [3.05, 3.63) is 53.6 Å². The fraction of sp³-hybridized carbons (Fsp3) is 0.188. The van der Waals surface area contributed by atoms with Crippen LogP contribution < -0.4 is 15.4 Å². The summed E-state index contributed by atoms with van der Waals surface area (Å²) in [6, 6.07) is 12.5. The number of nitrogen functional groups attached to an aromatic ring is 1. The van der Waals surface area contributed by atoms with Gasteiger partial charge in [0.05, 0.1) is 24.0 Å². The van der Waals surface area contributed by atoms with Crippen molar-refractivity contribution in [2.24, 2.45) is 0 Å². The Morgan fingerprint density at radius 3 is 2.67 bits per heavy atom. The summed E-state index contributed by atoms with van der Waals surface area (Å²) >= 11 is 0. The molecule has 21 heavy (non-hydrogen) atoms. The highest BCUT2D eigenvalue weighted by Gasteiger charge is 2.16. The lowest BCUT2D eigenvalue weighted by molar-refractivity contribution is 0.0697. The van der Waals surface area contributed by atoms with Crippen LogP contribution in [0.1, 0.15) is 15.9 Å². The Labute approximate surface area is 123 Å². The van der Waals surface area contributed by atoms with Crippen LogP contribution in [-0.4, -0.2) is 25.2 Å². The van der Waals surface area contributed by atoms with Crippen molar-refractivity contribution in [2.75, 3.05) is 24.8 Å². The molecule has 0 bridgehead atoms. The minimum absolute atomic E-state index is 0.195. The number of rotatable bonds is 5. The molecule has 0 radical (unpaired) electrons. The molecule has 0 aliphatic carbocycles. The summed E-state index contributed by atoms with van der Waals surface area (Å²) in [6.07, 6.45) is 0. The highest BCUT2D eigenvalue weighted by atomic mass is 16.5. The van der Waals surface area contributed by atoms with E-state index in [1.165, 1.54) is 0 Å². The molecule has 0 atom stereocenters. The third-order valence-corrected chi connectivity index (χ3v) is 3.23. The maximum absolute atomic E-state index is 11.3. The molecule has 0 aliphatic rings. The highest BCUT2D eigenvalue weighted by molar-refractivity contribution is 5.97. The van der Waals surface area contributed by atoms with Gasteiger partial charge in [0.2, 0.25) is 0 Å². The van der Waals surface area contributed by atoms with E-state index in [0.717, 1.165) is 11.3 Å². The molecule has 2 rings (SSSR count). The number of para-hydroxylation sites is 1. The van der Waals surface area contributed by atoms with Crippen molar-refractivity contribution in [2.45, 2.75) is 6.54 Å². The first kappa shape index (κ1) is 14.7. The number of aromatic carboxylic acids is 1. The van der Waals surface area contributed by atoms with Gasteiger partial charge in [0.25, 0.3) is 0 Å². The molecule has 0 saturated carbocycles. The second kappa shape index (κ2) is 6.17. The Bertz CT molecular complexity index is 656. The van der Waals surface area contributed by atoms with Gasteiger partial charge < -0.3 is 20.5 Å². The van der Waals surface area contributed by atoms with E-state index in [-0.39, 0.29) is 5.56 Å². The molecular weight excluding hydrogens is 268 g/mol. The van der Waals surface area contributed by atoms with Gasteiger partial charge >= 0.3 is 5.97 Å². The van der Waals surface area contributed by atoms with Gasteiger partial charge in [-0.3, -0.25) is 0 Å². The standard InChI is InChI=1S/C16H18N2O3/c1-18(10-11-5-3-6-12(9-11)21-2)15-13(16(19)20)7-4-8-14(15)17/h3-9H,10,17H2,1-2H3,(H,19,20). The van der Waals surface area contributed by atoms with Crippen molar-refractivity contribution >= 4 is 17.3 Å². The van der Waals surface area contributed by atoms with E-state index in [0.29, 0.717) is 17.9 Å². The fourth-order valence-corrected chi connectivity index (χ4v) is 2.28. The van der Waals surface area contributed by atoms with Gasteiger partial charge in [0, 0.05) is 13.6 Å². The zero-order valence-corrected chi connectivity index (χ0v) is 12.0. The lowest BCUT2D eigenvalue weighted by Crippen LogP contribution is -2.21. The summed E-state index contributed by atoms with van der Waals surface area (Å²) < 4.78 is 5.19. The van der Waals surface area contributed by atoms with Crippen LogP contribution in [0.15, 0.2) is 42.5 Å². The minimum atomic E-state index is -0.991. The van der Waals surface area contributed by atoms with Crippen LogP contribution in [0.25, 0.3) is 0 Å². The number of nitrogens with zero attached hydrogens (tertiary/aromatic N) is 1. The molecule has 0 heterocycles. The van der Waals surface area contributed by atoms with Gasteiger partial charge in [-0.25, -0.2) is 4.79 Å². The number of hydrogen-bond acceptors (Lipinski definition) is 4. The predicted molar refractivity (Wildman–Crippen MR) is 82.9 cm³/mol. The molecule has 0 spiro atoms. The molecule has 110 valence electrons. The van der Waals surface area contributed by atoms with E-state index in [4.69, 9.17) is 10.5 Å². The number of carbonyl (C=O) groups is 1. The van der Waals surface area contributed by atoms with Crippen molar-refractivity contribution < 1.29 is 14.6 Å². The fourth-order valence-electron chi connectivity index (χ4n) is 2.28. The van der Waals surface area contributed by atoms with E-state index < -0.39 is 5.97 Å². The van der Waals surface area contributed by atoms with Gasteiger partial charge in [0.15, 0.2) is 0 Å². The Morgan fingerprint density at radius 2 is 2.00 bits per heavy atom. The number of carboxylic acids is 1. The summed E-state index contributed by atoms with van der Waals surface area (Å²) in [7, 11) is 3.43. The normalized spacial score (nSPS) is 10.2. The Kier molecular flexibility index (Phi) is 4.33. The molecule has 0 aliphatic heterocycles. The van der Waals surface area contributed by atoms with Crippen molar-refractivity contribution in [1.29, 1.82) is 0 Å². The van der Waals surface area contributed by atoms with Crippen molar-refractivity contribution in [1.82, 2.24) is 0 Å². The van der Waals surface area contributed by atoms with Crippen LogP contribution in [-0.2, 0) is 6.54 Å². The van der Waals surface area contributed by atoms with Gasteiger partial charge in [-0.15, -0.1) is 0 Å². The number of anilines is 2. The molecule has 3 N–H and O–H groups in total. The average molecular weight is 286 g/mol. The molecular formula is C16H18N2O3. The first-order chi connectivity index (χ1) is 10.0. The van der Waals surface area contributed by atoms with Crippen LogP contribution in [0.2, 0.25) is 0 Å². The second-order valence-electron chi connectivity index (χ2n) is 4.76. The van der Waals surface area contributed by atoms with Crippen LogP contribution >= 0.6 is 0 Å². The smallest absolute Gasteiger partial charge is 0.337 e. The molecule has 0 aromatic heterocycles. The van der Waals surface area contributed by atoms with E-state index in [1.54, 1.807) is 25.3 Å². The average Bonchev–Trinajstić information content (AvgIpc) is 2.46. The van der Waals surface area contributed by atoms with Gasteiger partial charge in [0.1, 0.15) is 5.75 Å². The molecule has 2 aromatic carbocycles. The lowest BCUT2D eigenvalue weighted by Gasteiger charge is -2.23. The van der Waals surface area contributed by atoms with E-state index >= 15 is 0 Å². The van der Waals surface area contributed by atoms with Crippen LogP contribution in [0.3, 0.4) is 0 Å². The number of hydrogen-bond donors (Lipinski definition) is 2. The van der Waals surface area contributed by atoms with Crippen LogP contribution in [0, 0.1) is 0 Å². The minimum Gasteiger partial charge on any atom is -0.497 e. The Hall–Kier alpha value is -2.69. The van der Waals surface area contributed by atoms with Crippen LogP contribution in [0.4, 0.5) is 11.4 Å². The second-order valence-corrected chi connectivity index (χ2v) is 4.76. The largest absolute Gasteiger partial charge is 0.497 e. The summed E-state index contributed by atoms with van der Waals surface area (Å²) in [5, 5.41) is 9.29. The number of benzene rings is 2. The maximum atomic E-state index is 11.3. The van der Waals surface area contributed by atoms with E-state index in [1.807, 2.05) is 36.2 Å². The molecule has 5 heteroatoms. The molecule has 0 amide bonds. The van der Waals surface area contributed by atoms with Gasteiger partial charge in [-0.05, 0) is 29.8 Å². The molecule has 0 saturated heterocycles. The number of carboxylic acid groups (broad SMARTS) is 1. The molecule has 0 unspecified atom stereocenters. The lowest BCUT2D eigenvalue weighted by atomic mass is 10.1. The first-order valence-electron chi connectivity index (χ1n) is 6.48. The molecule has 2 aromatic rings. The highest BCUT2D eigenvalue weighted by Crippen LogP contribution is 2.28. The SMILES string of the molecule is COc1cccc(CN(C)c2c(N)cccc2C(=O)O)c1. The number of ether oxygens (including phenoxy) is 1. The van der Waals surface area contributed by atoms with E-state index in [2.05, 4.69) is 0 Å². The third-order valence-electron chi connectivity index (χ3n) is 3.23. The van der Waals surface area contributed by atoms with Crippen LogP contribution in [0.5, 0.6) is 5.75 Å². The predicted octanol–water partition coefficient (Wildman–Crippen LogP) is 2.61. The van der Waals surface area contributed by atoms with Gasteiger partial charge in [-0.2, -0.15) is 0 Å². The number of nitrogens with two attached hydrogens (primary N) is 1. The first-order valence-corrected chi connectivity index (χ1v) is 6.48.